The van der Waals surface area contributed by atoms with Gasteiger partial charge in [-0.15, -0.1) is 0 Å². The van der Waals surface area contributed by atoms with Gasteiger partial charge in [-0.05, 0) is 38.0 Å². The molecule has 170 valence electrons. The van der Waals surface area contributed by atoms with E-state index in [0.717, 1.165) is 9.87 Å². The van der Waals surface area contributed by atoms with E-state index >= 15 is 0 Å². The third-order valence-electron chi connectivity index (χ3n) is 5.38. The smallest absolute Gasteiger partial charge is 0.269 e. The molecular weight excluding hydrogens is 430 g/mol. The van der Waals surface area contributed by atoms with Gasteiger partial charge in [0, 0.05) is 26.1 Å². The molecule has 0 fully saturated rings. The lowest BCUT2D eigenvalue weighted by molar-refractivity contribution is -0.140. The van der Waals surface area contributed by atoms with Crippen molar-refractivity contribution < 1.29 is 22.8 Å². The Morgan fingerprint density at radius 2 is 1.72 bits per heavy atom. The van der Waals surface area contributed by atoms with Gasteiger partial charge in [0.15, 0.2) is 0 Å². The first-order valence-electron chi connectivity index (χ1n) is 10.5. The van der Waals surface area contributed by atoms with Crippen LogP contribution in [0.15, 0.2) is 59.5 Å². The van der Waals surface area contributed by atoms with Crippen molar-refractivity contribution in [1.29, 1.82) is 0 Å². The zero-order chi connectivity index (χ0) is 23.3. The topological polar surface area (TPSA) is 104 Å². The third-order valence-corrected chi connectivity index (χ3v) is 7.22. The monoisotopic (exact) mass is 457 g/mol. The van der Waals surface area contributed by atoms with Crippen LogP contribution in [0, 0.1) is 0 Å². The molecule has 0 saturated heterocycles. The fourth-order valence-corrected chi connectivity index (χ4v) is 5.26. The molecule has 0 radical (unpaired) electrons. The summed E-state index contributed by atoms with van der Waals surface area (Å²) in [4.78, 5) is 39.4. The molecule has 0 bridgehead atoms. The van der Waals surface area contributed by atoms with Crippen molar-refractivity contribution >= 4 is 27.7 Å². The lowest BCUT2D eigenvalue weighted by atomic mass is 10.1. The van der Waals surface area contributed by atoms with Gasteiger partial charge in [0.25, 0.3) is 15.9 Å². The van der Waals surface area contributed by atoms with Gasteiger partial charge in [0.05, 0.1) is 5.56 Å². The normalized spacial score (nSPS) is 15.2. The minimum atomic E-state index is -3.90. The SMILES string of the molecule is CCNC(=O)[C@@H](C)N(Cc1ccccc1)C(=O)CCCN1C(=O)c2ccccc2S1(=O)=O. The molecule has 1 N–H and O–H groups in total. The van der Waals surface area contributed by atoms with Crippen LogP contribution < -0.4 is 5.32 Å². The van der Waals surface area contributed by atoms with Crippen LogP contribution in [-0.2, 0) is 26.2 Å². The molecule has 0 unspecified atom stereocenters. The minimum Gasteiger partial charge on any atom is -0.355 e. The summed E-state index contributed by atoms with van der Waals surface area (Å²) in [5.41, 5.74) is 1.03. The van der Waals surface area contributed by atoms with Gasteiger partial charge in [-0.2, -0.15) is 0 Å². The molecule has 1 aliphatic heterocycles. The molecule has 32 heavy (non-hydrogen) atoms. The summed E-state index contributed by atoms with van der Waals surface area (Å²) in [5, 5.41) is 2.73. The molecule has 0 aromatic heterocycles. The van der Waals surface area contributed by atoms with Gasteiger partial charge in [-0.1, -0.05) is 42.5 Å². The van der Waals surface area contributed by atoms with E-state index in [1.165, 1.54) is 17.0 Å². The number of benzene rings is 2. The highest BCUT2D eigenvalue weighted by molar-refractivity contribution is 7.90. The molecule has 1 aliphatic rings. The summed E-state index contributed by atoms with van der Waals surface area (Å²) in [6, 6.07) is 14.7. The number of nitrogens with zero attached hydrogens (tertiary/aromatic N) is 2. The molecule has 2 aromatic carbocycles. The first kappa shape index (κ1) is 23.5. The molecule has 8 nitrogen and oxygen atoms in total. The number of nitrogens with one attached hydrogen (secondary N) is 1. The largest absolute Gasteiger partial charge is 0.355 e. The van der Waals surface area contributed by atoms with Crippen molar-refractivity contribution in [2.45, 2.75) is 44.2 Å². The highest BCUT2D eigenvalue weighted by Crippen LogP contribution is 2.30. The van der Waals surface area contributed by atoms with Crippen molar-refractivity contribution in [3.8, 4) is 0 Å². The van der Waals surface area contributed by atoms with Crippen LogP contribution in [0.4, 0.5) is 0 Å². The number of rotatable bonds is 9. The minimum absolute atomic E-state index is 0.00617. The van der Waals surface area contributed by atoms with Crippen LogP contribution in [0.3, 0.4) is 0 Å². The van der Waals surface area contributed by atoms with Crippen molar-refractivity contribution in [3.63, 3.8) is 0 Å². The van der Waals surface area contributed by atoms with E-state index in [9.17, 15) is 22.8 Å². The molecule has 9 heteroatoms. The molecule has 0 aliphatic carbocycles. The second-order valence-corrected chi connectivity index (χ2v) is 9.39. The maximum Gasteiger partial charge on any atom is 0.269 e. The second kappa shape index (κ2) is 9.95. The predicted molar refractivity (Wildman–Crippen MR) is 119 cm³/mol. The fraction of sp³-hybridized carbons (Fsp3) is 0.348. The van der Waals surface area contributed by atoms with Gasteiger partial charge >= 0.3 is 0 Å². The maximum absolute atomic E-state index is 13.0. The Morgan fingerprint density at radius 1 is 1.06 bits per heavy atom. The summed E-state index contributed by atoms with van der Waals surface area (Å²) in [7, 11) is -3.90. The zero-order valence-electron chi connectivity index (χ0n) is 18.2. The van der Waals surface area contributed by atoms with E-state index < -0.39 is 22.0 Å². The van der Waals surface area contributed by atoms with Crippen molar-refractivity contribution in [2.24, 2.45) is 0 Å². The lowest BCUT2D eigenvalue weighted by Gasteiger charge is -2.29. The van der Waals surface area contributed by atoms with E-state index in [4.69, 9.17) is 0 Å². The summed E-state index contributed by atoms with van der Waals surface area (Å²) >= 11 is 0. The Kier molecular flexibility index (Phi) is 7.29. The van der Waals surface area contributed by atoms with E-state index in [1.54, 1.807) is 26.0 Å². The first-order valence-corrected chi connectivity index (χ1v) is 12.0. The third kappa shape index (κ3) is 4.83. The van der Waals surface area contributed by atoms with Gasteiger partial charge in [-0.3, -0.25) is 14.4 Å². The van der Waals surface area contributed by atoms with Crippen LogP contribution in [0.1, 0.15) is 42.6 Å². The van der Waals surface area contributed by atoms with Crippen LogP contribution in [-0.4, -0.2) is 54.5 Å². The van der Waals surface area contributed by atoms with Crippen molar-refractivity contribution in [2.75, 3.05) is 13.1 Å². The fourth-order valence-electron chi connectivity index (χ4n) is 3.65. The van der Waals surface area contributed by atoms with Crippen molar-refractivity contribution in [3.05, 3.63) is 65.7 Å². The standard InChI is InChI=1S/C23H27N3O5S/c1-3-24-22(28)17(2)25(16-18-10-5-4-6-11-18)21(27)14-9-15-26-23(29)19-12-7-8-13-20(19)32(26,30)31/h4-8,10-13,17H,3,9,14-16H2,1-2H3,(H,24,28)/t17-/m1/s1. The number of carbonyl (C=O) groups excluding carboxylic acids is 3. The first-order chi connectivity index (χ1) is 15.3. The number of hydrogen-bond acceptors (Lipinski definition) is 5. The maximum atomic E-state index is 13.0. The second-order valence-electron chi connectivity index (χ2n) is 7.56. The Hall–Kier alpha value is -3.20. The number of amides is 3. The Labute approximate surface area is 188 Å². The van der Waals surface area contributed by atoms with Crippen LogP contribution >= 0.6 is 0 Å². The highest BCUT2D eigenvalue weighted by atomic mass is 32.2. The summed E-state index contributed by atoms with van der Waals surface area (Å²) in [5.74, 6) is -1.12. The Morgan fingerprint density at radius 3 is 2.38 bits per heavy atom. The molecule has 2 aromatic rings. The molecular formula is C23H27N3O5S. The zero-order valence-corrected chi connectivity index (χ0v) is 19.0. The van der Waals surface area contributed by atoms with Gasteiger partial charge in [0.2, 0.25) is 11.8 Å². The van der Waals surface area contributed by atoms with Gasteiger partial charge < -0.3 is 10.2 Å². The van der Waals surface area contributed by atoms with E-state index in [2.05, 4.69) is 5.32 Å². The molecule has 0 saturated carbocycles. The summed E-state index contributed by atoms with van der Waals surface area (Å²) < 4.78 is 26.2. The average Bonchev–Trinajstić information content (AvgIpc) is 2.98. The highest BCUT2D eigenvalue weighted by Gasteiger charge is 2.40. The van der Waals surface area contributed by atoms with Crippen molar-refractivity contribution in [1.82, 2.24) is 14.5 Å². The summed E-state index contributed by atoms with van der Waals surface area (Å²) in [6.07, 6.45) is 0.164. The summed E-state index contributed by atoms with van der Waals surface area (Å²) in [6.45, 7) is 4.07. The number of carbonyl (C=O) groups is 3. The van der Waals surface area contributed by atoms with E-state index in [0.29, 0.717) is 6.54 Å². The average molecular weight is 458 g/mol. The number of hydrogen-bond donors (Lipinski definition) is 1. The van der Waals surface area contributed by atoms with Crippen LogP contribution in [0.5, 0.6) is 0 Å². The molecule has 1 heterocycles. The number of likely N-dealkylation sites (N-methyl/N-ethyl adjacent to an activating group) is 1. The number of sulfonamides is 1. The van der Waals surface area contributed by atoms with Crippen LogP contribution in [0.25, 0.3) is 0 Å². The lowest BCUT2D eigenvalue weighted by Crippen LogP contribution is -2.47. The van der Waals surface area contributed by atoms with E-state index in [-0.39, 0.29) is 48.2 Å². The number of fused-ring (bicyclic) bond motifs is 1. The molecule has 3 rings (SSSR count). The van der Waals surface area contributed by atoms with Gasteiger partial charge in [-0.25, -0.2) is 12.7 Å². The predicted octanol–water partition coefficient (Wildman–Crippen LogP) is 2.16. The quantitative estimate of drug-likeness (QED) is 0.622. The molecule has 3 amide bonds. The van der Waals surface area contributed by atoms with Crippen LogP contribution in [0.2, 0.25) is 0 Å². The Bertz CT molecular complexity index is 1100. The molecule has 1 atom stereocenters. The van der Waals surface area contributed by atoms with E-state index in [1.807, 2.05) is 30.3 Å². The molecule has 0 spiro atoms. The Balaban J connectivity index is 1.68. The van der Waals surface area contributed by atoms with Gasteiger partial charge in [0.1, 0.15) is 10.9 Å².